The lowest BCUT2D eigenvalue weighted by atomic mass is 9.79. The van der Waals surface area contributed by atoms with Gasteiger partial charge in [-0.05, 0) is 36.4 Å². The lowest BCUT2D eigenvalue weighted by Gasteiger charge is -2.32. The normalized spacial score (nSPS) is 24.4. The van der Waals surface area contributed by atoms with Crippen LogP contribution in [0.15, 0.2) is 72.8 Å². The SMILES string of the molecule is O=C(O)c1ccccc1C1(O)C=CC(O)(c2ccccc2C(=O)O)C=C1. The summed E-state index contributed by atoms with van der Waals surface area (Å²) in [7, 11) is 0. The summed E-state index contributed by atoms with van der Waals surface area (Å²) in [5, 5.41) is 40.4. The van der Waals surface area contributed by atoms with E-state index < -0.39 is 23.1 Å². The van der Waals surface area contributed by atoms with Crippen molar-refractivity contribution in [1.82, 2.24) is 0 Å². The Bertz CT molecular complexity index is 851. The number of aromatic carboxylic acids is 2. The smallest absolute Gasteiger partial charge is 0.336 e. The molecule has 6 heteroatoms. The minimum atomic E-state index is -1.74. The van der Waals surface area contributed by atoms with Crippen LogP contribution in [0.1, 0.15) is 31.8 Å². The second-order valence-electron chi connectivity index (χ2n) is 6.02. The molecule has 0 aromatic heterocycles. The van der Waals surface area contributed by atoms with E-state index in [1.165, 1.54) is 48.6 Å². The first-order chi connectivity index (χ1) is 12.3. The van der Waals surface area contributed by atoms with Crippen LogP contribution in [0.3, 0.4) is 0 Å². The number of carboxylic acids is 2. The van der Waals surface area contributed by atoms with Gasteiger partial charge in [0.1, 0.15) is 11.2 Å². The van der Waals surface area contributed by atoms with Gasteiger partial charge >= 0.3 is 11.9 Å². The van der Waals surface area contributed by atoms with Crippen LogP contribution in [0.2, 0.25) is 0 Å². The molecule has 0 bridgehead atoms. The molecular formula is C20H16O6. The van der Waals surface area contributed by atoms with Gasteiger partial charge in [-0.25, -0.2) is 9.59 Å². The van der Waals surface area contributed by atoms with E-state index in [1.54, 1.807) is 24.3 Å². The fourth-order valence-electron chi connectivity index (χ4n) is 3.02. The molecule has 3 rings (SSSR count). The van der Waals surface area contributed by atoms with Gasteiger partial charge in [0.2, 0.25) is 0 Å². The maximum absolute atomic E-state index is 11.4. The maximum Gasteiger partial charge on any atom is 0.336 e. The molecule has 0 spiro atoms. The van der Waals surface area contributed by atoms with Gasteiger partial charge in [0, 0.05) is 11.1 Å². The van der Waals surface area contributed by atoms with Gasteiger partial charge in [0.15, 0.2) is 0 Å². The van der Waals surface area contributed by atoms with Crippen LogP contribution in [-0.2, 0) is 11.2 Å². The molecule has 0 amide bonds. The Hall–Kier alpha value is -3.22. The second-order valence-corrected chi connectivity index (χ2v) is 6.02. The second kappa shape index (κ2) is 6.25. The van der Waals surface area contributed by atoms with Crippen LogP contribution in [0, 0.1) is 0 Å². The molecule has 1 aliphatic rings. The Morgan fingerprint density at radius 3 is 1.23 bits per heavy atom. The zero-order valence-electron chi connectivity index (χ0n) is 13.5. The Morgan fingerprint density at radius 1 is 0.615 bits per heavy atom. The molecule has 0 unspecified atom stereocenters. The third kappa shape index (κ3) is 2.92. The average molecular weight is 352 g/mol. The molecule has 0 saturated heterocycles. The highest BCUT2D eigenvalue weighted by molar-refractivity contribution is 5.91. The first-order valence-electron chi connectivity index (χ1n) is 7.78. The van der Waals surface area contributed by atoms with E-state index in [-0.39, 0.29) is 22.3 Å². The largest absolute Gasteiger partial charge is 0.478 e. The van der Waals surface area contributed by atoms with Crippen LogP contribution in [0.25, 0.3) is 0 Å². The quantitative estimate of drug-likeness (QED) is 0.628. The number of aliphatic hydroxyl groups is 2. The molecule has 132 valence electrons. The number of hydrogen-bond acceptors (Lipinski definition) is 4. The summed E-state index contributed by atoms with van der Waals surface area (Å²) in [4.78, 5) is 22.8. The van der Waals surface area contributed by atoms with E-state index >= 15 is 0 Å². The highest BCUT2D eigenvalue weighted by atomic mass is 16.4. The van der Waals surface area contributed by atoms with Crippen molar-refractivity contribution in [3.8, 4) is 0 Å². The lowest BCUT2D eigenvalue weighted by Crippen LogP contribution is -2.32. The molecule has 0 radical (unpaired) electrons. The van der Waals surface area contributed by atoms with Crippen LogP contribution >= 0.6 is 0 Å². The van der Waals surface area contributed by atoms with Crippen LogP contribution in [-0.4, -0.2) is 32.4 Å². The summed E-state index contributed by atoms with van der Waals surface area (Å²) in [5.74, 6) is -2.37. The Kier molecular flexibility index (Phi) is 4.23. The van der Waals surface area contributed by atoms with Gasteiger partial charge in [-0.15, -0.1) is 0 Å². The lowest BCUT2D eigenvalue weighted by molar-refractivity contribution is 0.0664. The minimum Gasteiger partial charge on any atom is -0.478 e. The molecule has 0 saturated carbocycles. The Balaban J connectivity index is 2.05. The first kappa shape index (κ1) is 17.6. The van der Waals surface area contributed by atoms with Gasteiger partial charge in [-0.3, -0.25) is 0 Å². The van der Waals surface area contributed by atoms with Gasteiger partial charge < -0.3 is 20.4 Å². The van der Waals surface area contributed by atoms with Crippen molar-refractivity contribution in [2.45, 2.75) is 11.2 Å². The van der Waals surface area contributed by atoms with Crippen molar-refractivity contribution in [2.24, 2.45) is 0 Å². The van der Waals surface area contributed by atoms with Gasteiger partial charge in [-0.2, -0.15) is 0 Å². The summed E-state index contributed by atoms with van der Waals surface area (Å²) in [6.45, 7) is 0. The molecule has 6 nitrogen and oxygen atoms in total. The predicted molar refractivity (Wildman–Crippen MR) is 92.9 cm³/mol. The summed E-state index contributed by atoms with van der Waals surface area (Å²) < 4.78 is 0. The number of rotatable bonds is 4. The van der Waals surface area contributed by atoms with Gasteiger partial charge in [0.25, 0.3) is 0 Å². The summed E-state index contributed by atoms with van der Waals surface area (Å²) in [6, 6.07) is 12.0. The molecular weight excluding hydrogens is 336 g/mol. The van der Waals surface area contributed by atoms with Gasteiger partial charge in [0.05, 0.1) is 11.1 Å². The van der Waals surface area contributed by atoms with E-state index in [4.69, 9.17) is 0 Å². The third-order valence-corrected chi connectivity index (χ3v) is 4.36. The van der Waals surface area contributed by atoms with E-state index in [9.17, 15) is 30.0 Å². The van der Waals surface area contributed by atoms with E-state index in [0.29, 0.717) is 0 Å². The highest BCUT2D eigenvalue weighted by Gasteiger charge is 2.36. The van der Waals surface area contributed by atoms with Crippen molar-refractivity contribution < 1.29 is 30.0 Å². The average Bonchev–Trinajstić information content (AvgIpc) is 2.64. The zero-order valence-corrected chi connectivity index (χ0v) is 13.5. The Labute approximate surface area is 149 Å². The monoisotopic (exact) mass is 352 g/mol. The molecule has 4 N–H and O–H groups in total. The van der Waals surface area contributed by atoms with E-state index in [1.807, 2.05) is 0 Å². The summed E-state index contributed by atoms with van der Waals surface area (Å²) in [5.41, 5.74) is -3.32. The molecule has 1 aliphatic carbocycles. The van der Waals surface area contributed by atoms with Crippen molar-refractivity contribution in [3.05, 3.63) is 95.1 Å². The predicted octanol–water partition coefficient (Wildman–Crippen LogP) is 2.28. The van der Waals surface area contributed by atoms with Crippen molar-refractivity contribution in [1.29, 1.82) is 0 Å². The van der Waals surface area contributed by atoms with Crippen LogP contribution in [0.5, 0.6) is 0 Å². The molecule has 2 aromatic rings. The molecule has 2 aromatic carbocycles. The van der Waals surface area contributed by atoms with Crippen molar-refractivity contribution >= 4 is 11.9 Å². The van der Waals surface area contributed by atoms with Gasteiger partial charge in [-0.1, -0.05) is 36.4 Å². The molecule has 26 heavy (non-hydrogen) atoms. The zero-order chi connectivity index (χ0) is 18.9. The molecule has 0 heterocycles. The Morgan fingerprint density at radius 2 is 0.923 bits per heavy atom. The number of carboxylic acid groups (broad SMARTS) is 2. The summed E-state index contributed by atoms with van der Waals surface area (Å²) in [6.07, 6.45) is 5.03. The van der Waals surface area contributed by atoms with E-state index in [2.05, 4.69) is 0 Å². The maximum atomic E-state index is 11.4. The number of carbonyl (C=O) groups is 2. The van der Waals surface area contributed by atoms with Crippen LogP contribution < -0.4 is 0 Å². The topological polar surface area (TPSA) is 115 Å². The summed E-state index contributed by atoms with van der Waals surface area (Å²) >= 11 is 0. The molecule has 0 atom stereocenters. The standard InChI is InChI=1S/C20H16O6/c21-17(22)13-5-1-3-7-15(13)19(25)9-11-20(26,12-10-19)16-8-4-2-6-14(16)18(23)24/h1-12,25-26H,(H,21,22)(H,23,24). The van der Waals surface area contributed by atoms with E-state index in [0.717, 1.165) is 0 Å². The van der Waals surface area contributed by atoms with Crippen LogP contribution in [0.4, 0.5) is 0 Å². The third-order valence-electron chi connectivity index (χ3n) is 4.36. The highest BCUT2D eigenvalue weighted by Crippen LogP contribution is 2.37. The number of hydrogen-bond donors (Lipinski definition) is 4. The van der Waals surface area contributed by atoms with Crippen molar-refractivity contribution in [2.75, 3.05) is 0 Å². The number of benzene rings is 2. The fraction of sp³-hybridized carbons (Fsp3) is 0.100. The fourth-order valence-corrected chi connectivity index (χ4v) is 3.02. The molecule has 0 fully saturated rings. The van der Waals surface area contributed by atoms with Crippen molar-refractivity contribution in [3.63, 3.8) is 0 Å². The first-order valence-corrected chi connectivity index (χ1v) is 7.78. The minimum absolute atomic E-state index is 0.0688. The molecule has 0 aliphatic heterocycles.